The second-order valence-corrected chi connectivity index (χ2v) is 19.2. The molecule has 5 amide bonds. The molecule has 5 aliphatic rings. The van der Waals surface area contributed by atoms with E-state index in [4.69, 9.17) is 24.9 Å². The maximum absolute atomic E-state index is 14.4. The minimum Gasteiger partial charge on any atom is -0.497 e. The van der Waals surface area contributed by atoms with Crippen molar-refractivity contribution in [3.05, 3.63) is 29.8 Å². The molecule has 5 fully saturated rings. The number of nitrogens with one attached hydrogen (secondary N) is 4. The maximum atomic E-state index is 14.4. The number of amides is 5. The van der Waals surface area contributed by atoms with E-state index in [2.05, 4.69) is 42.0 Å². The lowest BCUT2D eigenvalue weighted by atomic mass is 9.43. The minimum absolute atomic E-state index is 0.101. The van der Waals surface area contributed by atoms with Crippen molar-refractivity contribution in [1.82, 2.24) is 26.2 Å². The van der Waals surface area contributed by atoms with Gasteiger partial charge in [0, 0.05) is 13.0 Å². The van der Waals surface area contributed by atoms with Gasteiger partial charge in [0.05, 0.1) is 37.2 Å². The zero-order chi connectivity index (χ0) is 46.6. The van der Waals surface area contributed by atoms with Gasteiger partial charge in [-0.05, 0) is 98.7 Å². The van der Waals surface area contributed by atoms with E-state index in [1.54, 1.807) is 34.8 Å². The number of benzene rings is 1. The third-order valence-corrected chi connectivity index (χ3v) is 13.9. The maximum Gasteiger partial charge on any atom is 0.481 e. The van der Waals surface area contributed by atoms with Gasteiger partial charge in [-0.25, -0.2) is 0 Å². The molecule has 0 spiro atoms. The van der Waals surface area contributed by atoms with Gasteiger partial charge in [0.1, 0.15) is 29.9 Å². The molecule has 2 bridgehead atoms. The molecule has 2 heterocycles. The van der Waals surface area contributed by atoms with Gasteiger partial charge in [-0.2, -0.15) is 0 Å². The van der Waals surface area contributed by atoms with Crippen LogP contribution < -0.4 is 31.7 Å². The Labute approximate surface area is 370 Å². The van der Waals surface area contributed by atoms with E-state index in [0.29, 0.717) is 37.5 Å². The number of methoxy groups -OCH3 is 1. The van der Waals surface area contributed by atoms with Crippen molar-refractivity contribution in [2.75, 3.05) is 13.7 Å². The fourth-order valence-corrected chi connectivity index (χ4v) is 9.86. The van der Waals surface area contributed by atoms with Gasteiger partial charge in [-0.1, -0.05) is 53.7 Å². The third kappa shape index (κ3) is 11.3. The molecule has 2 aliphatic heterocycles. The standard InChI is InChI=1S/C44H67BN6O12/c1-23(2)36(49-39(57)29(16-18-34(52)53)47-38(56)28(46)22-35(54)55)41(59)50-37(24(3)4)42(60)51-19-9-10-30(51)40(58)48-33(17-13-25-11-14-27(61-8)15-12-25)45-62-32-21-26-20-31(43(26,5)6)44(32,7)63-45/h11-12,14-15,23-24,26,28-33,36-37H,9-10,13,16-22,46H2,1-8H3,(H,47,56)(H,48,58)(H,49,57)(H,50,59)(H,52,53)(H,54,55)/t26-,28-,29-,30-,31+,32+,33-,36-,37-,44-/m0/s1. The fraction of sp³-hybridized carbons (Fsp3) is 0.705. The van der Waals surface area contributed by atoms with Crippen molar-refractivity contribution >= 4 is 48.6 Å². The lowest BCUT2D eigenvalue weighted by Gasteiger charge is -2.64. The smallest absolute Gasteiger partial charge is 0.481 e. The highest BCUT2D eigenvalue weighted by molar-refractivity contribution is 6.48. The van der Waals surface area contributed by atoms with E-state index in [0.717, 1.165) is 24.2 Å². The van der Waals surface area contributed by atoms with Gasteiger partial charge in [0.15, 0.2) is 0 Å². The Kier molecular flexibility index (Phi) is 16.0. The summed E-state index contributed by atoms with van der Waals surface area (Å²) in [4.78, 5) is 92.9. The number of hydrogen-bond acceptors (Lipinski definition) is 11. The predicted molar refractivity (Wildman–Crippen MR) is 231 cm³/mol. The first-order valence-corrected chi connectivity index (χ1v) is 22.2. The Morgan fingerprint density at radius 2 is 1.52 bits per heavy atom. The van der Waals surface area contributed by atoms with Crippen LogP contribution in [0.1, 0.15) is 105 Å². The summed E-state index contributed by atoms with van der Waals surface area (Å²) in [5.74, 6) is -5.91. The van der Waals surface area contributed by atoms with Gasteiger partial charge in [-0.15, -0.1) is 0 Å². The summed E-state index contributed by atoms with van der Waals surface area (Å²) in [5, 5.41) is 29.2. The summed E-state index contributed by atoms with van der Waals surface area (Å²) in [6.07, 6.45) is 2.31. The van der Waals surface area contributed by atoms with Crippen LogP contribution in [0.25, 0.3) is 0 Å². The SMILES string of the molecule is COc1ccc(CC[C@H](NC(=O)[C@@H]2CCCN2C(=O)[C@@H](NC(=O)[C@@H](NC(=O)[C@H](CCC(=O)O)NC(=O)[C@@H](N)CC(=O)O)C(C)C)C(C)C)B2O[C@@H]3C[C@@H]4C[C@H](C4(C)C)[C@]3(C)O2)cc1. The topological polar surface area (TPSA) is 265 Å². The number of likely N-dealkylation sites (tertiary alicyclic amines) is 1. The first-order valence-electron chi connectivity index (χ1n) is 22.2. The van der Waals surface area contributed by atoms with Gasteiger partial charge in [-0.3, -0.25) is 33.6 Å². The van der Waals surface area contributed by atoms with Crippen molar-refractivity contribution in [3.8, 4) is 5.75 Å². The first kappa shape index (κ1) is 49.3. The molecule has 2 saturated heterocycles. The minimum atomic E-state index is -1.51. The molecular formula is C44H67BN6O12. The average Bonchev–Trinajstić information content (AvgIpc) is 3.86. The third-order valence-electron chi connectivity index (χ3n) is 13.9. The molecule has 0 radical (unpaired) electrons. The first-order chi connectivity index (χ1) is 29.6. The van der Waals surface area contributed by atoms with Crippen molar-refractivity contribution in [2.45, 2.75) is 154 Å². The lowest BCUT2D eigenvalue weighted by molar-refractivity contribution is -0.199. The quantitative estimate of drug-likeness (QED) is 0.0870. The lowest BCUT2D eigenvalue weighted by Crippen LogP contribution is -2.65. The van der Waals surface area contributed by atoms with E-state index in [1.165, 1.54) is 4.90 Å². The highest BCUT2D eigenvalue weighted by Gasteiger charge is 2.68. The molecule has 3 aliphatic carbocycles. The monoisotopic (exact) mass is 882 g/mol. The van der Waals surface area contributed by atoms with Crippen LogP contribution in [0.15, 0.2) is 24.3 Å². The van der Waals surface area contributed by atoms with Crippen LogP contribution in [-0.2, 0) is 49.3 Å². The fourth-order valence-electron chi connectivity index (χ4n) is 9.86. The van der Waals surface area contributed by atoms with Gasteiger partial charge >= 0.3 is 19.1 Å². The average molecular weight is 883 g/mol. The van der Waals surface area contributed by atoms with E-state index >= 15 is 0 Å². The number of carboxylic acids is 2. The Bertz CT molecular complexity index is 1860. The van der Waals surface area contributed by atoms with Gasteiger partial charge in [0.25, 0.3) is 0 Å². The summed E-state index contributed by atoms with van der Waals surface area (Å²) in [6, 6.07) is 1.61. The van der Waals surface area contributed by atoms with Crippen LogP contribution in [0, 0.1) is 29.1 Å². The largest absolute Gasteiger partial charge is 0.497 e. The molecule has 6 rings (SSSR count). The van der Waals surface area contributed by atoms with Crippen LogP contribution in [0.4, 0.5) is 0 Å². The predicted octanol–water partition coefficient (Wildman–Crippen LogP) is 1.80. The van der Waals surface area contributed by atoms with E-state index < -0.39 is 109 Å². The van der Waals surface area contributed by atoms with Crippen LogP contribution in [-0.4, -0.2) is 125 Å². The Morgan fingerprint density at radius 3 is 2.11 bits per heavy atom. The van der Waals surface area contributed by atoms with Crippen LogP contribution >= 0.6 is 0 Å². The number of nitrogens with two attached hydrogens (primary N) is 1. The molecule has 19 heteroatoms. The van der Waals surface area contributed by atoms with Crippen molar-refractivity contribution < 1.29 is 57.8 Å². The molecule has 10 atom stereocenters. The Balaban J connectivity index is 1.29. The number of nitrogens with zero attached hydrogens (tertiary/aromatic N) is 1. The summed E-state index contributed by atoms with van der Waals surface area (Å²) in [7, 11) is 0.908. The molecule has 0 aromatic heterocycles. The second kappa shape index (κ2) is 20.4. The van der Waals surface area contributed by atoms with Gasteiger partial charge in [0.2, 0.25) is 29.5 Å². The number of rotatable bonds is 21. The van der Waals surface area contributed by atoms with E-state index in [9.17, 15) is 38.7 Å². The summed E-state index contributed by atoms with van der Waals surface area (Å²) >= 11 is 0. The van der Waals surface area contributed by atoms with Crippen LogP contribution in [0.2, 0.25) is 0 Å². The summed E-state index contributed by atoms with van der Waals surface area (Å²) in [5.41, 5.74) is 6.34. The highest BCUT2D eigenvalue weighted by Crippen LogP contribution is 2.65. The second-order valence-electron chi connectivity index (χ2n) is 19.2. The molecule has 63 heavy (non-hydrogen) atoms. The number of carbonyl (C=O) groups is 7. The molecule has 1 aromatic rings. The molecule has 3 saturated carbocycles. The molecule has 8 N–H and O–H groups in total. The number of aryl methyl sites for hydroxylation is 1. The molecule has 0 unspecified atom stereocenters. The molecule has 1 aromatic carbocycles. The highest BCUT2D eigenvalue weighted by atomic mass is 16.7. The van der Waals surface area contributed by atoms with Crippen molar-refractivity contribution in [1.29, 1.82) is 0 Å². The van der Waals surface area contributed by atoms with Crippen LogP contribution in [0.3, 0.4) is 0 Å². The number of carboxylic acid groups (broad SMARTS) is 2. The zero-order valence-electron chi connectivity index (χ0n) is 37.8. The number of carbonyl (C=O) groups excluding carboxylic acids is 5. The number of aliphatic carboxylic acids is 2. The molecule has 18 nitrogen and oxygen atoms in total. The Morgan fingerprint density at radius 1 is 0.873 bits per heavy atom. The van der Waals surface area contributed by atoms with E-state index in [1.807, 2.05) is 24.3 Å². The number of hydrogen-bond donors (Lipinski definition) is 7. The van der Waals surface area contributed by atoms with E-state index in [-0.39, 0.29) is 30.4 Å². The Hall–Kier alpha value is -4.75. The summed E-state index contributed by atoms with van der Waals surface area (Å²) in [6.45, 7) is 13.8. The van der Waals surface area contributed by atoms with Crippen LogP contribution in [0.5, 0.6) is 5.75 Å². The van der Waals surface area contributed by atoms with Crippen molar-refractivity contribution in [2.24, 2.45) is 34.8 Å². The normalized spacial score (nSPS) is 25.8. The van der Waals surface area contributed by atoms with Gasteiger partial charge < -0.3 is 56.2 Å². The zero-order valence-corrected chi connectivity index (χ0v) is 37.8. The summed E-state index contributed by atoms with van der Waals surface area (Å²) < 4.78 is 18.8. The van der Waals surface area contributed by atoms with Crippen molar-refractivity contribution in [3.63, 3.8) is 0 Å². The molecule has 348 valence electrons. The molecular weight excluding hydrogens is 815 g/mol. The number of ether oxygens (including phenoxy) is 1.